The largest absolute Gasteiger partial charge is 0.496 e. The summed E-state index contributed by atoms with van der Waals surface area (Å²) in [6.07, 6.45) is 1.57. The van der Waals surface area contributed by atoms with Crippen LogP contribution in [0.1, 0.15) is 31.2 Å². The van der Waals surface area contributed by atoms with E-state index in [0.717, 1.165) is 22.1 Å². The number of para-hydroxylation sites is 1. The van der Waals surface area contributed by atoms with E-state index in [9.17, 15) is 19.7 Å². The summed E-state index contributed by atoms with van der Waals surface area (Å²) in [6, 6.07) is 20.1. The monoisotopic (exact) mass is 595 g/mol. The van der Waals surface area contributed by atoms with Crippen molar-refractivity contribution in [2.45, 2.75) is 19.9 Å². The first kappa shape index (κ1) is 27.9. The van der Waals surface area contributed by atoms with Gasteiger partial charge in [-0.05, 0) is 48.9 Å². The molecular formula is C32H25N3O7S. The zero-order chi connectivity index (χ0) is 30.2. The van der Waals surface area contributed by atoms with Gasteiger partial charge < -0.3 is 13.9 Å². The number of hydrogen-bond donors (Lipinski definition) is 0. The van der Waals surface area contributed by atoms with E-state index in [1.807, 2.05) is 36.4 Å². The highest BCUT2D eigenvalue weighted by atomic mass is 32.1. The molecule has 10 nitrogen and oxygen atoms in total. The molecule has 0 spiro atoms. The number of hydrogen-bond acceptors (Lipinski definition) is 9. The van der Waals surface area contributed by atoms with Crippen molar-refractivity contribution in [3.8, 4) is 17.1 Å². The molecule has 2 aromatic heterocycles. The molecule has 1 aliphatic heterocycles. The number of esters is 1. The van der Waals surface area contributed by atoms with Crippen molar-refractivity contribution >= 4 is 39.8 Å². The Hall–Kier alpha value is -5.29. The van der Waals surface area contributed by atoms with Crippen LogP contribution in [-0.2, 0) is 9.53 Å². The SMILES string of the molecule is CCOC(=O)C1=C(C)N=c2s/c(=C\c3ccc(-c4ccccc4[N+](=O)[O-])o3)c(=O)n2[C@H]1c1c(OC)ccc2ccccc12. The van der Waals surface area contributed by atoms with Crippen molar-refractivity contribution in [1.82, 2.24) is 4.57 Å². The Morgan fingerprint density at radius 2 is 1.88 bits per heavy atom. The van der Waals surface area contributed by atoms with Gasteiger partial charge in [0.25, 0.3) is 11.2 Å². The predicted octanol–water partition coefficient (Wildman–Crippen LogP) is 5.13. The molecule has 1 atom stereocenters. The van der Waals surface area contributed by atoms with E-state index in [4.69, 9.17) is 13.9 Å². The molecule has 0 N–H and O–H groups in total. The van der Waals surface area contributed by atoms with Crippen molar-refractivity contribution in [3.05, 3.63) is 125 Å². The molecule has 0 radical (unpaired) electrons. The number of nitro groups is 1. The van der Waals surface area contributed by atoms with Crippen molar-refractivity contribution in [3.63, 3.8) is 0 Å². The molecule has 0 saturated heterocycles. The van der Waals surface area contributed by atoms with Crippen LogP contribution in [0.3, 0.4) is 0 Å². The maximum absolute atomic E-state index is 14.1. The predicted molar refractivity (Wildman–Crippen MR) is 162 cm³/mol. The molecule has 3 aromatic carbocycles. The summed E-state index contributed by atoms with van der Waals surface area (Å²) >= 11 is 1.15. The first-order valence-corrected chi connectivity index (χ1v) is 14.2. The smallest absolute Gasteiger partial charge is 0.338 e. The fourth-order valence-electron chi connectivity index (χ4n) is 5.35. The molecule has 1 aliphatic rings. The quantitative estimate of drug-likeness (QED) is 0.145. The zero-order valence-electron chi connectivity index (χ0n) is 23.4. The summed E-state index contributed by atoms with van der Waals surface area (Å²) in [7, 11) is 1.55. The van der Waals surface area contributed by atoms with Crippen molar-refractivity contribution < 1.29 is 23.6 Å². The molecule has 11 heteroatoms. The number of allylic oxidation sites excluding steroid dienone is 1. The van der Waals surface area contributed by atoms with Gasteiger partial charge in [-0.2, -0.15) is 0 Å². The summed E-state index contributed by atoms with van der Waals surface area (Å²) in [5.74, 6) is 0.567. The van der Waals surface area contributed by atoms with Crippen LogP contribution < -0.4 is 19.6 Å². The molecule has 0 bridgehead atoms. The summed E-state index contributed by atoms with van der Waals surface area (Å²) in [5, 5.41) is 13.3. The Morgan fingerprint density at radius 3 is 2.65 bits per heavy atom. The highest BCUT2D eigenvalue weighted by molar-refractivity contribution is 7.07. The minimum atomic E-state index is -0.877. The van der Waals surface area contributed by atoms with Crippen LogP contribution in [-0.4, -0.2) is 29.2 Å². The Morgan fingerprint density at radius 1 is 1.12 bits per heavy atom. The maximum atomic E-state index is 14.1. The van der Waals surface area contributed by atoms with Gasteiger partial charge in [0.15, 0.2) is 4.80 Å². The molecule has 0 saturated carbocycles. The molecule has 0 fully saturated rings. The normalized spacial score (nSPS) is 14.9. The molecular weight excluding hydrogens is 570 g/mol. The second-order valence-corrected chi connectivity index (χ2v) is 10.7. The summed E-state index contributed by atoms with van der Waals surface area (Å²) in [6.45, 7) is 3.59. The first-order chi connectivity index (χ1) is 20.8. The molecule has 3 heterocycles. The number of nitro benzene ring substituents is 1. The third-order valence-corrected chi connectivity index (χ3v) is 8.19. The number of furan rings is 1. The van der Waals surface area contributed by atoms with Gasteiger partial charge in [0.05, 0.1) is 40.0 Å². The third-order valence-electron chi connectivity index (χ3n) is 7.21. The van der Waals surface area contributed by atoms with Gasteiger partial charge in [-0.1, -0.05) is 53.8 Å². The van der Waals surface area contributed by atoms with Gasteiger partial charge in [-0.25, -0.2) is 9.79 Å². The maximum Gasteiger partial charge on any atom is 0.338 e. The number of fused-ring (bicyclic) bond motifs is 2. The van der Waals surface area contributed by atoms with E-state index in [1.54, 1.807) is 57.4 Å². The summed E-state index contributed by atoms with van der Waals surface area (Å²) < 4.78 is 18.9. The molecule has 43 heavy (non-hydrogen) atoms. The number of aromatic nitrogens is 1. The van der Waals surface area contributed by atoms with Crippen LogP contribution in [0.5, 0.6) is 5.75 Å². The Labute approximate surface area is 248 Å². The number of rotatable bonds is 7. The zero-order valence-corrected chi connectivity index (χ0v) is 24.2. The average Bonchev–Trinajstić information content (AvgIpc) is 3.59. The molecule has 0 amide bonds. The lowest BCUT2D eigenvalue weighted by Gasteiger charge is -2.27. The van der Waals surface area contributed by atoms with Crippen LogP contribution >= 0.6 is 11.3 Å². The first-order valence-electron chi connectivity index (χ1n) is 13.4. The lowest BCUT2D eigenvalue weighted by molar-refractivity contribution is -0.384. The number of carbonyl (C=O) groups excluding carboxylic acids is 1. The van der Waals surface area contributed by atoms with E-state index in [1.165, 1.54) is 10.6 Å². The standard InChI is InChI=1S/C32H25N3O7S/c1-4-41-31(37)27-18(2)33-32-34(29(27)28-21-10-6-5-9-19(21)13-15-25(28)40-3)30(36)26(43-32)17-20-14-16-24(42-20)22-11-7-8-12-23(22)35(38)39/h5-17,29H,4H2,1-3H3/b26-17-/t29-/m1/s1. The van der Waals surface area contributed by atoms with E-state index in [-0.39, 0.29) is 23.4 Å². The highest BCUT2D eigenvalue weighted by Crippen LogP contribution is 2.40. The lowest BCUT2D eigenvalue weighted by atomic mass is 9.90. The topological polar surface area (TPSA) is 126 Å². The Kier molecular flexibility index (Phi) is 7.24. The van der Waals surface area contributed by atoms with Crippen LogP contribution in [0.2, 0.25) is 0 Å². The summed E-state index contributed by atoms with van der Waals surface area (Å²) in [5.41, 5.74) is 1.17. The van der Waals surface area contributed by atoms with E-state index < -0.39 is 16.9 Å². The van der Waals surface area contributed by atoms with Gasteiger partial charge in [-0.3, -0.25) is 19.5 Å². The molecule has 0 unspecified atom stereocenters. The van der Waals surface area contributed by atoms with Crippen LogP contribution in [0.15, 0.2) is 98.3 Å². The average molecular weight is 596 g/mol. The Bertz CT molecular complexity index is 2140. The number of ether oxygens (including phenoxy) is 2. The van der Waals surface area contributed by atoms with E-state index in [0.29, 0.717) is 43.4 Å². The van der Waals surface area contributed by atoms with Gasteiger partial charge >= 0.3 is 5.97 Å². The molecule has 5 aromatic rings. The van der Waals surface area contributed by atoms with Gasteiger partial charge in [0.2, 0.25) is 0 Å². The van der Waals surface area contributed by atoms with Crippen molar-refractivity contribution in [2.75, 3.05) is 13.7 Å². The van der Waals surface area contributed by atoms with Crippen molar-refractivity contribution in [2.24, 2.45) is 4.99 Å². The van der Waals surface area contributed by atoms with E-state index in [2.05, 4.69) is 4.99 Å². The lowest BCUT2D eigenvalue weighted by Crippen LogP contribution is -2.40. The Balaban J connectivity index is 1.56. The fourth-order valence-corrected chi connectivity index (χ4v) is 6.37. The minimum Gasteiger partial charge on any atom is -0.496 e. The van der Waals surface area contributed by atoms with Crippen LogP contribution in [0.4, 0.5) is 5.69 Å². The number of methoxy groups -OCH3 is 1. The minimum absolute atomic E-state index is 0.0891. The number of carbonyl (C=O) groups is 1. The number of benzene rings is 3. The number of nitrogens with zero attached hydrogens (tertiary/aromatic N) is 3. The number of thiazole rings is 1. The van der Waals surface area contributed by atoms with E-state index >= 15 is 0 Å². The van der Waals surface area contributed by atoms with Crippen molar-refractivity contribution in [1.29, 1.82) is 0 Å². The highest BCUT2D eigenvalue weighted by Gasteiger charge is 2.36. The van der Waals surface area contributed by atoms with Crippen LogP contribution in [0, 0.1) is 10.1 Å². The van der Waals surface area contributed by atoms with Gasteiger partial charge in [0, 0.05) is 17.7 Å². The molecule has 6 rings (SSSR count). The third kappa shape index (κ3) is 4.83. The second kappa shape index (κ2) is 11.2. The van der Waals surface area contributed by atoms with Gasteiger partial charge in [0.1, 0.15) is 23.3 Å². The molecule has 216 valence electrons. The van der Waals surface area contributed by atoms with Gasteiger partial charge in [-0.15, -0.1) is 0 Å². The van der Waals surface area contributed by atoms with Crippen LogP contribution in [0.25, 0.3) is 28.2 Å². The fraction of sp³-hybridized carbons (Fsp3) is 0.156. The summed E-state index contributed by atoms with van der Waals surface area (Å²) in [4.78, 5) is 43.6. The molecule has 0 aliphatic carbocycles. The second-order valence-electron chi connectivity index (χ2n) is 9.68.